The molecule has 3 rings (SSSR count). The van der Waals surface area contributed by atoms with Crippen LogP contribution in [0, 0.1) is 0 Å². The zero-order valence-electron chi connectivity index (χ0n) is 15.9. The van der Waals surface area contributed by atoms with E-state index in [1.165, 1.54) is 0 Å². The fourth-order valence-corrected chi connectivity index (χ4v) is 4.61. The van der Waals surface area contributed by atoms with Crippen molar-refractivity contribution in [2.45, 2.75) is 4.90 Å². The van der Waals surface area contributed by atoms with E-state index in [1.807, 2.05) is 42.1 Å². The monoisotopic (exact) mass is 448 g/mol. The highest BCUT2D eigenvalue weighted by Gasteiger charge is 2.21. The van der Waals surface area contributed by atoms with Crippen molar-refractivity contribution in [2.24, 2.45) is 7.05 Å². The van der Waals surface area contributed by atoms with Crippen molar-refractivity contribution in [3.05, 3.63) is 41.1 Å². The Labute approximate surface area is 171 Å². The molecule has 1 heterocycles. The first-order valence-corrected chi connectivity index (χ1v) is 10.2. The Morgan fingerprint density at radius 2 is 1.78 bits per heavy atom. The van der Waals surface area contributed by atoms with Crippen molar-refractivity contribution in [1.82, 2.24) is 9.55 Å². The van der Waals surface area contributed by atoms with Crippen molar-refractivity contribution in [1.29, 1.82) is 0 Å². The van der Waals surface area contributed by atoms with E-state index in [4.69, 9.17) is 14.2 Å². The van der Waals surface area contributed by atoms with Crippen molar-refractivity contribution < 1.29 is 14.2 Å². The molecule has 0 radical (unpaired) electrons. The molecule has 0 spiro atoms. The van der Waals surface area contributed by atoms with Crippen LogP contribution in [0.2, 0.25) is 0 Å². The lowest BCUT2D eigenvalue weighted by Gasteiger charge is -2.15. The highest BCUT2D eigenvalue weighted by atomic mass is 79.9. The Hall–Kier alpha value is -2.12. The molecule has 7 heteroatoms. The van der Waals surface area contributed by atoms with Gasteiger partial charge in [0, 0.05) is 22.6 Å². The molecule has 0 aliphatic heterocycles. The first kappa shape index (κ1) is 19.6. The molecule has 0 unspecified atom stereocenters. The Bertz CT molecular complexity index is 972. The summed E-state index contributed by atoms with van der Waals surface area (Å²) in [5.41, 5.74) is 3.65. The molecule has 142 valence electrons. The van der Waals surface area contributed by atoms with E-state index in [0.29, 0.717) is 11.5 Å². The molecule has 27 heavy (non-hydrogen) atoms. The summed E-state index contributed by atoms with van der Waals surface area (Å²) in [7, 11) is 6.92. The second-order valence-electron chi connectivity index (χ2n) is 5.79. The van der Waals surface area contributed by atoms with Crippen LogP contribution in [0.15, 0.2) is 46.0 Å². The summed E-state index contributed by atoms with van der Waals surface area (Å²) in [5, 5.41) is 0. The number of methoxy groups -OCH3 is 3. The van der Waals surface area contributed by atoms with Gasteiger partial charge in [-0.05, 0) is 46.5 Å². The molecule has 5 nitrogen and oxygen atoms in total. The molecule has 0 saturated carbocycles. The van der Waals surface area contributed by atoms with Crippen molar-refractivity contribution in [3.63, 3.8) is 0 Å². The number of ether oxygens (including phenoxy) is 3. The minimum absolute atomic E-state index is 0.677. The van der Waals surface area contributed by atoms with Crippen LogP contribution in [0.4, 0.5) is 0 Å². The first-order valence-electron chi connectivity index (χ1n) is 8.20. The van der Waals surface area contributed by atoms with Gasteiger partial charge in [-0.15, -0.1) is 11.8 Å². The summed E-state index contributed by atoms with van der Waals surface area (Å²) in [6.45, 7) is 0. The molecule has 0 N–H and O–H groups in total. The molecule has 0 fully saturated rings. The fraction of sp³-hybridized carbons (Fsp3) is 0.250. The standard InChI is InChI=1S/C20H21BrN2O3S/c1-23-11-22-17(12-9-14(21)20(27-5)16(10-12)25-3)18(23)13-7-6-8-15(24-2)19(13)26-4/h6-11H,1-5H3. The number of benzene rings is 2. The lowest BCUT2D eigenvalue weighted by Crippen LogP contribution is -1.98. The molecule has 0 saturated heterocycles. The van der Waals surface area contributed by atoms with Crippen LogP contribution in [-0.4, -0.2) is 37.1 Å². The normalized spacial score (nSPS) is 10.7. The first-order chi connectivity index (χ1) is 13.0. The zero-order valence-corrected chi connectivity index (χ0v) is 18.3. The molecule has 0 bridgehead atoms. The molecule has 0 aliphatic carbocycles. The number of thioether (sulfide) groups is 1. The number of hydrogen-bond donors (Lipinski definition) is 0. The van der Waals surface area contributed by atoms with Gasteiger partial charge < -0.3 is 18.8 Å². The molecule has 0 aliphatic rings. The maximum absolute atomic E-state index is 5.64. The summed E-state index contributed by atoms with van der Waals surface area (Å²) in [6, 6.07) is 9.90. The van der Waals surface area contributed by atoms with E-state index in [-0.39, 0.29) is 0 Å². The van der Waals surface area contributed by atoms with Gasteiger partial charge in [0.1, 0.15) is 5.75 Å². The summed E-state index contributed by atoms with van der Waals surface area (Å²) >= 11 is 5.29. The van der Waals surface area contributed by atoms with E-state index >= 15 is 0 Å². The predicted molar refractivity (Wildman–Crippen MR) is 113 cm³/mol. The van der Waals surface area contributed by atoms with E-state index in [0.717, 1.165) is 37.6 Å². The van der Waals surface area contributed by atoms with Crippen LogP contribution < -0.4 is 14.2 Å². The third-order valence-electron chi connectivity index (χ3n) is 4.30. The summed E-state index contributed by atoms with van der Waals surface area (Å²) in [6.07, 6.45) is 3.82. The van der Waals surface area contributed by atoms with Crippen LogP contribution in [0.25, 0.3) is 22.5 Å². The molecule has 0 amide bonds. The Balaban J connectivity index is 2.25. The Morgan fingerprint density at radius 3 is 2.41 bits per heavy atom. The van der Waals surface area contributed by atoms with Gasteiger partial charge in [0.25, 0.3) is 0 Å². The quantitative estimate of drug-likeness (QED) is 0.480. The second-order valence-corrected chi connectivity index (χ2v) is 7.46. The van der Waals surface area contributed by atoms with Crippen LogP contribution in [-0.2, 0) is 7.05 Å². The number of para-hydroxylation sites is 1. The topological polar surface area (TPSA) is 45.5 Å². The molecular formula is C20H21BrN2O3S. The smallest absolute Gasteiger partial charge is 0.170 e. The lowest BCUT2D eigenvalue weighted by molar-refractivity contribution is 0.356. The van der Waals surface area contributed by atoms with Crippen LogP contribution in [0.1, 0.15) is 0 Å². The number of rotatable bonds is 6. The maximum Gasteiger partial charge on any atom is 0.170 e. The van der Waals surface area contributed by atoms with Crippen molar-refractivity contribution in [3.8, 4) is 39.8 Å². The largest absolute Gasteiger partial charge is 0.496 e. The summed E-state index contributed by atoms with van der Waals surface area (Å²) in [5.74, 6) is 2.16. The van der Waals surface area contributed by atoms with E-state index < -0.39 is 0 Å². The van der Waals surface area contributed by atoms with Gasteiger partial charge in [0.2, 0.25) is 0 Å². The SMILES string of the molecule is COc1cccc(-c2c(-c3cc(Br)c(SC)c(OC)c3)ncn2C)c1OC. The number of halogens is 1. The second kappa shape index (κ2) is 8.27. The highest BCUT2D eigenvalue weighted by molar-refractivity contribution is 9.10. The molecule has 1 aromatic heterocycles. The number of aromatic nitrogens is 2. The number of aryl methyl sites for hydroxylation is 1. The van der Waals surface area contributed by atoms with Crippen LogP contribution in [0.3, 0.4) is 0 Å². The number of imidazole rings is 1. The predicted octanol–water partition coefficient (Wildman–Crippen LogP) is 5.26. The van der Waals surface area contributed by atoms with Crippen LogP contribution >= 0.6 is 27.7 Å². The molecule has 0 atom stereocenters. The highest BCUT2D eigenvalue weighted by Crippen LogP contribution is 2.44. The minimum atomic E-state index is 0.677. The third-order valence-corrected chi connectivity index (χ3v) is 6.02. The van der Waals surface area contributed by atoms with Gasteiger partial charge in [-0.3, -0.25) is 0 Å². The Morgan fingerprint density at radius 1 is 1.04 bits per heavy atom. The van der Waals surface area contributed by atoms with Gasteiger partial charge in [-0.2, -0.15) is 0 Å². The number of nitrogens with zero attached hydrogens (tertiary/aromatic N) is 2. The number of hydrogen-bond acceptors (Lipinski definition) is 5. The fourth-order valence-electron chi connectivity index (χ4n) is 3.09. The van der Waals surface area contributed by atoms with Crippen molar-refractivity contribution >= 4 is 27.7 Å². The molecule has 2 aromatic carbocycles. The molecular weight excluding hydrogens is 428 g/mol. The molecule has 3 aromatic rings. The van der Waals surface area contributed by atoms with Crippen molar-refractivity contribution in [2.75, 3.05) is 27.6 Å². The minimum Gasteiger partial charge on any atom is -0.496 e. The summed E-state index contributed by atoms with van der Waals surface area (Å²) in [4.78, 5) is 5.70. The zero-order chi connectivity index (χ0) is 19.6. The van der Waals surface area contributed by atoms with Gasteiger partial charge in [0.15, 0.2) is 11.5 Å². The van der Waals surface area contributed by atoms with E-state index in [9.17, 15) is 0 Å². The third kappa shape index (κ3) is 3.53. The summed E-state index contributed by atoms with van der Waals surface area (Å²) < 4.78 is 19.6. The van der Waals surface area contributed by atoms with Gasteiger partial charge in [0.05, 0.1) is 43.9 Å². The lowest BCUT2D eigenvalue weighted by atomic mass is 10.0. The van der Waals surface area contributed by atoms with Crippen LogP contribution in [0.5, 0.6) is 17.2 Å². The van der Waals surface area contributed by atoms with Gasteiger partial charge in [-0.1, -0.05) is 6.07 Å². The van der Waals surface area contributed by atoms with Gasteiger partial charge >= 0.3 is 0 Å². The average molecular weight is 449 g/mol. The Kier molecular flexibility index (Phi) is 6.01. The average Bonchev–Trinajstić information content (AvgIpc) is 3.07. The van der Waals surface area contributed by atoms with Gasteiger partial charge in [-0.25, -0.2) is 4.98 Å². The van der Waals surface area contributed by atoms with E-state index in [1.54, 1.807) is 39.4 Å². The van der Waals surface area contributed by atoms with E-state index in [2.05, 4.69) is 27.0 Å². The maximum atomic E-state index is 5.64.